The van der Waals surface area contributed by atoms with E-state index in [1.54, 1.807) is 0 Å². The molecule has 8 nitrogen and oxygen atoms in total. The monoisotopic (exact) mass is 427 g/mol. The first kappa shape index (κ1) is 21.3. The van der Waals surface area contributed by atoms with Crippen molar-refractivity contribution in [2.45, 2.75) is 70.4 Å². The van der Waals surface area contributed by atoms with Gasteiger partial charge in [-0.25, -0.2) is 4.79 Å². The van der Waals surface area contributed by atoms with Crippen LogP contribution >= 0.6 is 0 Å². The van der Waals surface area contributed by atoms with Gasteiger partial charge in [0, 0.05) is 5.69 Å². The molecule has 4 rings (SSSR count). The third-order valence-electron chi connectivity index (χ3n) is 6.70. The van der Waals surface area contributed by atoms with Crippen LogP contribution in [0.5, 0.6) is 0 Å². The number of nitrogens with one attached hydrogen (secondary N) is 2. The Morgan fingerprint density at radius 2 is 1.94 bits per heavy atom. The van der Waals surface area contributed by atoms with Gasteiger partial charge in [0.25, 0.3) is 11.8 Å². The number of aryl methyl sites for hydroxylation is 2. The molecule has 3 aliphatic rings. The van der Waals surface area contributed by atoms with Crippen molar-refractivity contribution >= 4 is 29.5 Å². The molecule has 1 atom stereocenters. The zero-order chi connectivity index (χ0) is 22.2. The zero-order valence-corrected chi connectivity index (χ0v) is 18.0. The van der Waals surface area contributed by atoms with Crippen molar-refractivity contribution < 1.29 is 23.9 Å². The van der Waals surface area contributed by atoms with Gasteiger partial charge in [-0.3, -0.25) is 19.3 Å². The number of imide groups is 1. The number of benzene rings is 1. The van der Waals surface area contributed by atoms with Gasteiger partial charge in [0.05, 0.1) is 0 Å². The summed E-state index contributed by atoms with van der Waals surface area (Å²) in [6.07, 6.45) is 4.97. The summed E-state index contributed by atoms with van der Waals surface area (Å²) in [5, 5.41) is 5.54. The molecule has 0 aromatic heterocycles. The van der Waals surface area contributed by atoms with Crippen LogP contribution in [-0.4, -0.2) is 46.9 Å². The maximum absolute atomic E-state index is 12.8. The molecule has 0 radical (unpaired) electrons. The number of amides is 4. The number of carbonyl (C=O) groups excluding carboxylic acids is 4. The van der Waals surface area contributed by atoms with E-state index in [0.29, 0.717) is 24.4 Å². The van der Waals surface area contributed by atoms with E-state index in [0.717, 1.165) is 37.0 Å². The van der Waals surface area contributed by atoms with E-state index in [2.05, 4.69) is 17.6 Å². The van der Waals surface area contributed by atoms with Crippen molar-refractivity contribution in [2.75, 3.05) is 11.9 Å². The normalized spacial score (nSPS) is 25.9. The summed E-state index contributed by atoms with van der Waals surface area (Å²) < 4.78 is 5.20. The van der Waals surface area contributed by atoms with E-state index < -0.39 is 36.1 Å². The van der Waals surface area contributed by atoms with Gasteiger partial charge in [-0.05, 0) is 81.0 Å². The number of fused-ring (bicyclic) bond motifs is 1. The van der Waals surface area contributed by atoms with Crippen LogP contribution < -0.4 is 10.6 Å². The molecular formula is C23H29N3O5. The molecule has 1 aliphatic heterocycles. The SMILES string of the molecule is CC1CCC2(CC1)NC(=O)N(CC(=O)O[C@H](C)C(=O)Nc1ccc3c(c1)CCC3)C2=O. The van der Waals surface area contributed by atoms with Gasteiger partial charge in [-0.2, -0.15) is 0 Å². The third-order valence-corrected chi connectivity index (χ3v) is 6.70. The van der Waals surface area contributed by atoms with E-state index in [1.807, 2.05) is 18.2 Å². The molecule has 0 bridgehead atoms. The molecule has 1 saturated carbocycles. The first-order valence-electron chi connectivity index (χ1n) is 11.0. The van der Waals surface area contributed by atoms with Gasteiger partial charge >= 0.3 is 12.0 Å². The van der Waals surface area contributed by atoms with Crippen molar-refractivity contribution in [2.24, 2.45) is 5.92 Å². The second-order valence-electron chi connectivity index (χ2n) is 9.04. The number of ether oxygens (including phenoxy) is 1. The molecular weight excluding hydrogens is 398 g/mol. The Morgan fingerprint density at radius 1 is 1.23 bits per heavy atom. The number of hydrogen-bond acceptors (Lipinski definition) is 5. The lowest BCUT2D eigenvalue weighted by Crippen LogP contribution is -2.49. The summed E-state index contributed by atoms with van der Waals surface area (Å²) in [6, 6.07) is 5.22. The molecule has 1 aromatic rings. The zero-order valence-electron chi connectivity index (χ0n) is 18.0. The van der Waals surface area contributed by atoms with Crippen molar-refractivity contribution in [1.29, 1.82) is 0 Å². The topological polar surface area (TPSA) is 105 Å². The molecule has 31 heavy (non-hydrogen) atoms. The summed E-state index contributed by atoms with van der Waals surface area (Å²) in [7, 11) is 0. The average Bonchev–Trinajstić information content (AvgIpc) is 3.28. The first-order valence-corrected chi connectivity index (χ1v) is 11.0. The van der Waals surface area contributed by atoms with Crippen LogP contribution in [0.2, 0.25) is 0 Å². The molecule has 8 heteroatoms. The number of urea groups is 1. The van der Waals surface area contributed by atoms with Gasteiger partial charge in [-0.1, -0.05) is 13.0 Å². The van der Waals surface area contributed by atoms with Crippen LogP contribution in [0.25, 0.3) is 0 Å². The molecule has 2 N–H and O–H groups in total. The van der Waals surface area contributed by atoms with E-state index in [9.17, 15) is 19.2 Å². The second kappa shape index (κ2) is 8.32. The van der Waals surface area contributed by atoms with Crippen LogP contribution in [0.1, 0.15) is 57.1 Å². The van der Waals surface area contributed by atoms with Gasteiger partial charge in [-0.15, -0.1) is 0 Å². The van der Waals surface area contributed by atoms with Crippen molar-refractivity contribution in [3.63, 3.8) is 0 Å². The van der Waals surface area contributed by atoms with Crippen molar-refractivity contribution in [3.05, 3.63) is 29.3 Å². The maximum Gasteiger partial charge on any atom is 0.327 e. The van der Waals surface area contributed by atoms with Crippen LogP contribution in [0.3, 0.4) is 0 Å². The van der Waals surface area contributed by atoms with Crippen molar-refractivity contribution in [1.82, 2.24) is 10.2 Å². The Balaban J connectivity index is 1.31. The average molecular weight is 428 g/mol. The Bertz CT molecular complexity index is 920. The van der Waals surface area contributed by atoms with Crippen LogP contribution in [0.4, 0.5) is 10.5 Å². The lowest BCUT2D eigenvalue weighted by atomic mass is 9.77. The fourth-order valence-electron chi connectivity index (χ4n) is 4.72. The highest BCUT2D eigenvalue weighted by molar-refractivity contribution is 6.08. The quantitative estimate of drug-likeness (QED) is 0.555. The number of nitrogens with zero attached hydrogens (tertiary/aromatic N) is 1. The molecule has 0 unspecified atom stereocenters. The van der Waals surface area contributed by atoms with E-state index in [1.165, 1.54) is 18.1 Å². The minimum absolute atomic E-state index is 0.378. The Labute approximate surface area is 181 Å². The largest absolute Gasteiger partial charge is 0.451 e. The summed E-state index contributed by atoms with van der Waals surface area (Å²) >= 11 is 0. The minimum Gasteiger partial charge on any atom is -0.451 e. The molecule has 1 aromatic carbocycles. The molecule has 2 fully saturated rings. The van der Waals surface area contributed by atoms with Crippen LogP contribution in [0.15, 0.2) is 18.2 Å². The highest BCUT2D eigenvalue weighted by Crippen LogP contribution is 2.36. The van der Waals surface area contributed by atoms with Crippen molar-refractivity contribution in [3.8, 4) is 0 Å². The standard InChI is InChI=1S/C23H29N3O5/c1-14-8-10-23(11-9-14)21(29)26(22(30)25-23)13-19(27)31-15(2)20(28)24-18-7-6-16-4-3-5-17(16)12-18/h6-7,12,14-15H,3-5,8-11,13H2,1-2H3,(H,24,28)(H,25,30)/t14?,15-,23?/m1/s1. The van der Waals surface area contributed by atoms with Crippen LogP contribution in [0, 0.1) is 5.92 Å². The number of esters is 1. The summed E-state index contributed by atoms with van der Waals surface area (Å²) in [4.78, 5) is 50.9. The molecule has 4 amide bonds. The number of rotatable bonds is 5. The fraction of sp³-hybridized carbons (Fsp3) is 0.565. The highest BCUT2D eigenvalue weighted by atomic mass is 16.5. The number of anilines is 1. The van der Waals surface area contributed by atoms with Gasteiger partial charge in [0.2, 0.25) is 0 Å². The van der Waals surface area contributed by atoms with E-state index >= 15 is 0 Å². The predicted molar refractivity (Wildman–Crippen MR) is 113 cm³/mol. The molecule has 1 heterocycles. The lowest BCUT2D eigenvalue weighted by Gasteiger charge is -2.33. The lowest BCUT2D eigenvalue weighted by molar-refractivity contribution is -0.155. The number of hydrogen-bond donors (Lipinski definition) is 2. The Morgan fingerprint density at radius 3 is 2.68 bits per heavy atom. The number of carbonyl (C=O) groups is 4. The molecule has 1 saturated heterocycles. The highest BCUT2D eigenvalue weighted by Gasteiger charge is 2.52. The fourth-order valence-corrected chi connectivity index (χ4v) is 4.72. The van der Waals surface area contributed by atoms with Gasteiger partial charge < -0.3 is 15.4 Å². The van der Waals surface area contributed by atoms with E-state index in [-0.39, 0.29) is 5.91 Å². The Kier molecular flexibility index (Phi) is 5.73. The summed E-state index contributed by atoms with van der Waals surface area (Å²) in [6.45, 7) is 3.09. The predicted octanol–water partition coefficient (Wildman–Crippen LogP) is 2.55. The summed E-state index contributed by atoms with van der Waals surface area (Å²) in [5.74, 6) is -1.11. The molecule has 1 spiro atoms. The first-order chi connectivity index (χ1) is 14.8. The summed E-state index contributed by atoms with van der Waals surface area (Å²) in [5.41, 5.74) is 2.29. The smallest absolute Gasteiger partial charge is 0.327 e. The third kappa shape index (κ3) is 4.29. The van der Waals surface area contributed by atoms with Crippen LogP contribution in [-0.2, 0) is 32.0 Å². The van der Waals surface area contributed by atoms with Gasteiger partial charge in [0.1, 0.15) is 12.1 Å². The van der Waals surface area contributed by atoms with E-state index in [4.69, 9.17) is 4.74 Å². The second-order valence-corrected chi connectivity index (χ2v) is 9.04. The van der Waals surface area contributed by atoms with Gasteiger partial charge in [0.15, 0.2) is 6.10 Å². The molecule has 2 aliphatic carbocycles. The minimum atomic E-state index is -1.05. The Hall–Kier alpha value is -2.90. The maximum atomic E-state index is 12.8. The molecule has 166 valence electrons.